The molecule has 1 N–H and O–H groups in total. The van der Waals surface area contributed by atoms with E-state index in [-0.39, 0.29) is 0 Å². The summed E-state index contributed by atoms with van der Waals surface area (Å²) in [6.07, 6.45) is 0. The molecule has 0 saturated heterocycles. The Labute approximate surface area is 90.2 Å². The molecule has 0 radical (unpaired) electrons. The molecule has 0 aromatic heterocycles. The summed E-state index contributed by atoms with van der Waals surface area (Å²) < 4.78 is 0. The average Bonchev–Trinajstić information content (AvgIpc) is 2.15. The first-order chi connectivity index (χ1) is 6.61. The monoisotopic (exact) mass is 210 g/mol. The van der Waals surface area contributed by atoms with Crippen molar-refractivity contribution >= 4 is 23.0 Å². The Morgan fingerprint density at radius 3 is 2.64 bits per heavy atom. The van der Waals surface area contributed by atoms with Crippen LogP contribution >= 0.6 is 11.6 Å². The van der Waals surface area contributed by atoms with Crippen LogP contribution in [0.1, 0.15) is 0 Å². The molecule has 1 aromatic rings. The van der Waals surface area contributed by atoms with Crippen molar-refractivity contribution in [3.05, 3.63) is 35.9 Å². The van der Waals surface area contributed by atoms with E-state index in [1.807, 2.05) is 32.3 Å². The lowest BCUT2D eigenvalue weighted by atomic mass is 10.2. The van der Waals surface area contributed by atoms with Crippen molar-refractivity contribution in [3.8, 4) is 0 Å². The lowest BCUT2D eigenvalue weighted by Gasteiger charge is -2.18. The molecular formula is C11H15ClN2. The van der Waals surface area contributed by atoms with Crippen LogP contribution in [0.25, 0.3) is 0 Å². The molecule has 0 atom stereocenters. The van der Waals surface area contributed by atoms with Crippen molar-refractivity contribution in [1.82, 2.24) is 0 Å². The SMILES string of the molecule is C=C(Cl)CNc1ccccc1N(C)C. The minimum absolute atomic E-state index is 0.590. The number of nitrogens with one attached hydrogen (secondary N) is 1. The summed E-state index contributed by atoms with van der Waals surface area (Å²) in [5.74, 6) is 0. The van der Waals surface area contributed by atoms with Gasteiger partial charge in [-0.3, -0.25) is 0 Å². The quantitative estimate of drug-likeness (QED) is 0.822. The number of benzene rings is 1. The number of rotatable bonds is 4. The van der Waals surface area contributed by atoms with Gasteiger partial charge in [-0.25, -0.2) is 0 Å². The minimum Gasteiger partial charge on any atom is -0.378 e. The van der Waals surface area contributed by atoms with Crippen molar-refractivity contribution in [2.75, 3.05) is 30.9 Å². The third-order valence-corrected chi connectivity index (χ3v) is 1.99. The minimum atomic E-state index is 0.590. The van der Waals surface area contributed by atoms with Crippen molar-refractivity contribution in [1.29, 1.82) is 0 Å². The zero-order valence-electron chi connectivity index (χ0n) is 8.55. The van der Waals surface area contributed by atoms with E-state index in [0.29, 0.717) is 11.6 Å². The van der Waals surface area contributed by atoms with Gasteiger partial charge in [0.25, 0.3) is 0 Å². The molecule has 1 rings (SSSR count). The van der Waals surface area contributed by atoms with Gasteiger partial charge in [0.05, 0.1) is 17.9 Å². The maximum atomic E-state index is 5.69. The Bertz CT molecular complexity index is 321. The van der Waals surface area contributed by atoms with Crippen molar-refractivity contribution in [2.45, 2.75) is 0 Å². The van der Waals surface area contributed by atoms with Crippen LogP contribution in [0.5, 0.6) is 0 Å². The summed E-state index contributed by atoms with van der Waals surface area (Å²) >= 11 is 5.69. The first-order valence-corrected chi connectivity index (χ1v) is 4.82. The van der Waals surface area contributed by atoms with Crippen LogP contribution in [-0.2, 0) is 0 Å². The Morgan fingerprint density at radius 1 is 1.43 bits per heavy atom. The lowest BCUT2D eigenvalue weighted by molar-refractivity contribution is 1.12. The number of nitrogens with zero attached hydrogens (tertiary/aromatic N) is 1. The summed E-state index contributed by atoms with van der Waals surface area (Å²) in [4.78, 5) is 2.05. The first-order valence-electron chi connectivity index (χ1n) is 4.45. The molecule has 76 valence electrons. The maximum Gasteiger partial charge on any atom is 0.0596 e. The molecule has 0 unspecified atom stereocenters. The molecule has 0 spiro atoms. The highest BCUT2D eigenvalue weighted by molar-refractivity contribution is 6.29. The van der Waals surface area contributed by atoms with Crippen LogP contribution in [-0.4, -0.2) is 20.6 Å². The van der Waals surface area contributed by atoms with Gasteiger partial charge < -0.3 is 10.2 Å². The smallest absolute Gasteiger partial charge is 0.0596 e. The fourth-order valence-electron chi connectivity index (χ4n) is 1.20. The number of para-hydroxylation sites is 2. The van der Waals surface area contributed by atoms with E-state index in [0.717, 1.165) is 11.4 Å². The molecule has 0 bridgehead atoms. The largest absolute Gasteiger partial charge is 0.378 e. The van der Waals surface area contributed by atoms with Gasteiger partial charge in [-0.05, 0) is 12.1 Å². The van der Waals surface area contributed by atoms with Crippen LogP contribution in [0, 0.1) is 0 Å². The molecule has 0 fully saturated rings. The fraction of sp³-hybridized carbons (Fsp3) is 0.273. The molecule has 0 heterocycles. The highest BCUT2D eigenvalue weighted by atomic mass is 35.5. The van der Waals surface area contributed by atoms with Gasteiger partial charge in [-0.15, -0.1) is 0 Å². The summed E-state index contributed by atoms with van der Waals surface area (Å²) in [6, 6.07) is 8.08. The standard InChI is InChI=1S/C11H15ClN2/c1-9(12)8-13-10-6-4-5-7-11(10)14(2)3/h4-7,13H,1,8H2,2-3H3. The van der Waals surface area contributed by atoms with Crippen molar-refractivity contribution < 1.29 is 0 Å². The Hall–Kier alpha value is -1.15. The molecule has 2 nitrogen and oxygen atoms in total. The molecule has 0 aliphatic rings. The molecule has 0 aliphatic carbocycles. The van der Waals surface area contributed by atoms with Crippen LogP contribution in [0.4, 0.5) is 11.4 Å². The van der Waals surface area contributed by atoms with Gasteiger partial charge in [0.1, 0.15) is 0 Å². The van der Waals surface area contributed by atoms with E-state index in [1.165, 1.54) is 0 Å². The average molecular weight is 211 g/mol. The van der Waals surface area contributed by atoms with Gasteiger partial charge in [0, 0.05) is 19.1 Å². The predicted molar refractivity (Wildman–Crippen MR) is 64.3 cm³/mol. The first kappa shape index (κ1) is 10.9. The third-order valence-electron chi connectivity index (χ3n) is 1.86. The number of hydrogen-bond donors (Lipinski definition) is 1. The molecule has 1 aromatic carbocycles. The summed E-state index contributed by atoms with van der Waals surface area (Å²) in [5, 5.41) is 3.83. The second-order valence-corrected chi connectivity index (χ2v) is 3.82. The fourth-order valence-corrected chi connectivity index (χ4v) is 1.27. The van der Waals surface area contributed by atoms with E-state index < -0.39 is 0 Å². The van der Waals surface area contributed by atoms with Crippen LogP contribution < -0.4 is 10.2 Å². The molecule has 14 heavy (non-hydrogen) atoms. The summed E-state index contributed by atoms with van der Waals surface area (Å²) in [7, 11) is 4.02. The maximum absolute atomic E-state index is 5.69. The highest BCUT2D eigenvalue weighted by Crippen LogP contribution is 2.23. The number of anilines is 2. The van der Waals surface area contributed by atoms with E-state index in [2.05, 4.69) is 22.9 Å². The van der Waals surface area contributed by atoms with Crippen molar-refractivity contribution in [3.63, 3.8) is 0 Å². The second kappa shape index (κ2) is 4.91. The van der Waals surface area contributed by atoms with Gasteiger partial charge in [-0.2, -0.15) is 0 Å². The normalized spacial score (nSPS) is 9.64. The van der Waals surface area contributed by atoms with E-state index in [4.69, 9.17) is 11.6 Å². The lowest BCUT2D eigenvalue weighted by Crippen LogP contribution is -2.12. The topological polar surface area (TPSA) is 15.3 Å². The Kier molecular flexibility index (Phi) is 3.84. The molecule has 0 aliphatic heterocycles. The van der Waals surface area contributed by atoms with E-state index in [1.54, 1.807) is 0 Å². The second-order valence-electron chi connectivity index (χ2n) is 3.28. The van der Waals surface area contributed by atoms with E-state index in [9.17, 15) is 0 Å². The van der Waals surface area contributed by atoms with Crippen LogP contribution in [0.2, 0.25) is 0 Å². The Balaban J connectivity index is 2.79. The molecule has 0 amide bonds. The summed E-state index contributed by atoms with van der Waals surface area (Å²) in [6.45, 7) is 4.22. The highest BCUT2D eigenvalue weighted by Gasteiger charge is 2.01. The van der Waals surface area contributed by atoms with Gasteiger partial charge in [0.2, 0.25) is 0 Å². The zero-order chi connectivity index (χ0) is 10.6. The third kappa shape index (κ3) is 2.96. The number of hydrogen-bond acceptors (Lipinski definition) is 2. The van der Waals surface area contributed by atoms with Gasteiger partial charge >= 0.3 is 0 Å². The van der Waals surface area contributed by atoms with Gasteiger partial charge in [-0.1, -0.05) is 30.3 Å². The van der Waals surface area contributed by atoms with Crippen LogP contribution in [0.15, 0.2) is 35.9 Å². The van der Waals surface area contributed by atoms with Crippen molar-refractivity contribution in [2.24, 2.45) is 0 Å². The number of halogens is 1. The Morgan fingerprint density at radius 2 is 2.07 bits per heavy atom. The molecule has 3 heteroatoms. The predicted octanol–water partition coefficient (Wildman–Crippen LogP) is 2.92. The molecular weight excluding hydrogens is 196 g/mol. The van der Waals surface area contributed by atoms with E-state index >= 15 is 0 Å². The molecule has 0 saturated carbocycles. The zero-order valence-corrected chi connectivity index (χ0v) is 9.30. The summed E-state index contributed by atoms with van der Waals surface area (Å²) in [5.41, 5.74) is 2.21. The van der Waals surface area contributed by atoms with Gasteiger partial charge in [0.15, 0.2) is 0 Å². The van der Waals surface area contributed by atoms with Crippen LogP contribution in [0.3, 0.4) is 0 Å².